The lowest BCUT2D eigenvalue weighted by Gasteiger charge is -2.25. The Morgan fingerprint density at radius 3 is 2.00 bits per heavy atom. The SMILES string of the molecule is CN[C@@H](C)[C@@H](Oc1ccccc1)c1ccccc1. The molecular formula is C16H19NO. The van der Waals surface area contributed by atoms with Gasteiger partial charge in [-0.2, -0.15) is 0 Å². The van der Waals surface area contributed by atoms with Gasteiger partial charge in [-0.1, -0.05) is 48.5 Å². The van der Waals surface area contributed by atoms with E-state index < -0.39 is 0 Å². The van der Waals surface area contributed by atoms with Crippen LogP contribution in [-0.2, 0) is 0 Å². The molecule has 0 aliphatic heterocycles. The highest BCUT2D eigenvalue weighted by molar-refractivity contribution is 5.25. The summed E-state index contributed by atoms with van der Waals surface area (Å²) in [6, 6.07) is 20.5. The first-order valence-electron chi connectivity index (χ1n) is 6.25. The molecule has 1 N–H and O–H groups in total. The maximum absolute atomic E-state index is 6.09. The maximum atomic E-state index is 6.09. The largest absolute Gasteiger partial charge is 0.484 e. The van der Waals surface area contributed by atoms with E-state index in [9.17, 15) is 0 Å². The zero-order valence-corrected chi connectivity index (χ0v) is 10.8. The van der Waals surface area contributed by atoms with E-state index in [-0.39, 0.29) is 12.1 Å². The van der Waals surface area contributed by atoms with Crippen LogP contribution in [0.15, 0.2) is 60.7 Å². The standard InChI is InChI=1S/C16H19NO/c1-13(17-2)16(14-9-5-3-6-10-14)18-15-11-7-4-8-12-15/h3-13,16-17H,1-2H3/t13-,16+/m0/s1. The number of hydrogen-bond donors (Lipinski definition) is 1. The van der Waals surface area contributed by atoms with Crippen molar-refractivity contribution in [3.63, 3.8) is 0 Å². The highest BCUT2D eigenvalue weighted by atomic mass is 16.5. The predicted molar refractivity (Wildman–Crippen MR) is 74.8 cm³/mol. The van der Waals surface area contributed by atoms with E-state index in [1.807, 2.05) is 55.6 Å². The molecule has 18 heavy (non-hydrogen) atoms. The summed E-state index contributed by atoms with van der Waals surface area (Å²) in [5.74, 6) is 0.897. The van der Waals surface area contributed by atoms with Crippen molar-refractivity contribution in [2.45, 2.75) is 19.1 Å². The number of para-hydroxylation sites is 1. The third-order valence-electron chi connectivity index (χ3n) is 3.04. The van der Waals surface area contributed by atoms with Crippen LogP contribution in [0.1, 0.15) is 18.6 Å². The summed E-state index contributed by atoms with van der Waals surface area (Å²) in [6.45, 7) is 2.13. The molecule has 94 valence electrons. The van der Waals surface area contributed by atoms with E-state index in [0.29, 0.717) is 0 Å². The molecule has 2 heteroatoms. The van der Waals surface area contributed by atoms with Gasteiger partial charge < -0.3 is 10.1 Å². The summed E-state index contributed by atoms with van der Waals surface area (Å²) in [5.41, 5.74) is 1.18. The quantitative estimate of drug-likeness (QED) is 0.866. The van der Waals surface area contributed by atoms with Crippen molar-refractivity contribution in [1.82, 2.24) is 5.32 Å². The van der Waals surface area contributed by atoms with E-state index in [0.717, 1.165) is 5.75 Å². The van der Waals surface area contributed by atoms with Gasteiger partial charge in [-0.05, 0) is 31.7 Å². The molecule has 0 fully saturated rings. The molecule has 2 nitrogen and oxygen atoms in total. The molecule has 0 radical (unpaired) electrons. The average Bonchev–Trinajstić information content (AvgIpc) is 2.46. The van der Waals surface area contributed by atoms with Crippen LogP contribution in [0.3, 0.4) is 0 Å². The maximum Gasteiger partial charge on any atom is 0.139 e. The fraction of sp³-hybridized carbons (Fsp3) is 0.250. The van der Waals surface area contributed by atoms with Crippen molar-refractivity contribution in [3.05, 3.63) is 66.2 Å². The minimum Gasteiger partial charge on any atom is -0.484 e. The Hall–Kier alpha value is -1.80. The van der Waals surface area contributed by atoms with Crippen LogP contribution in [-0.4, -0.2) is 13.1 Å². The van der Waals surface area contributed by atoms with Gasteiger partial charge >= 0.3 is 0 Å². The summed E-state index contributed by atoms with van der Waals surface area (Å²) in [4.78, 5) is 0. The van der Waals surface area contributed by atoms with Crippen LogP contribution in [0.2, 0.25) is 0 Å². The van der Waals surface area contributed by atoms with E-state index >= 15 is 0 Å². The van der Waals surface area contributed by atoms with Gasteiger partial charge in [0, 0.05) is 6.04 Å². The number of ether oxygens (including phenoxy) is 1. The Labute approximate surface area is 109 Å². The lowest BCUT2D eigenvalue weighted by atomic mass is 10.0. The Bertz CT molecular complexity index is 455. The van der Waals surface area contributed by atoms with Crippen molar-refractivity contribution in [2.75, 3.05) is 7.05 Å². The Kier molecular flexibility index (Phi) is 4.37. The van der Waals surface area contributed by atoms with Crippen molar-refractivity contribution in [3.8, 4) is 5.75 Å². The van der Waals surface area contributed by atoms with Crippen LogP contribution < -0.4 is 10.1 Å². The van der Waals surface area contributed by atoms with Crippen LogP contribution >= 0.6 is 0 Å². The zero-order valence-electron chi connectivity index (χ0n) is 10.8. The summed E-state index contributed by atoms with van der Waals surface area (Å²) in [6.07, 6.45) is 0.0126. The summed E-state index contributed by atoms with van der Waals surface area (Å²) >= 11 is 0. The number of rotatable bonds is 5. The molecule has 0 aliphatic rings. The van der Waals surface area contributed by atoms with Crippen LogP contribution in [0.4, 0.5) is 0 Å². The molecule has 0 saturated carbocycles. The molecule has 2 aromatic carbocycles. The molecule has 0 saturated heterocycles. The first kappa shape index (κ1) is 12.7. The average molecular weight is 241 g/mol. The molecule has 0 aliphatic carbocycles. The van der Waals surface area contributed by atoms with Gasteiger partial charge in [0.05, 0.1) is 0 Å². The van der Waals surface area contributed by atoms with Crippen LogP contribution in [0.5, 0.6) is 5.75 Å². The topological polar surface area (TPSA) is 21.3 Å². The van der Waals surface area contributed by atoms with Crippen LogP contribution in [0.25, 0.3) is 0 Å². The Morgan fingerprint density at radius 2 is 1.44 bits per heavy atom. The van der Waals surface area contributed by atoms with Gasteiger partial charge in [0.15, 0.2) is 0 Å². The molecule has 0 spiro atoms. The first-order chi connectivity index (χ1) is 8.81. The number of likely N-dealkylation sites (N-methyl/N-ethyl adjacent to an activating group) is 1. The first-order valence-corrected chi connectivity index (χ1v) is 6.25. The van der Waals surface area contributed by atoms with Crippen molar-refractivity contribution in [1.29, 1.82) is 0 Å². The third-order valence-corrected chi connectivity index (χ3v) is 3.04. The van der Waals surface area contributed by atoms with Gasteiger partial charge in [-0.3, -0.25) is 0 Å². The summed E-state index contributed by atoms with van der Waals surface area (Å²) in [5, 5.41) is 3.26. The summed E-state index contributed by atoms with van der Waals surface area (Å²) in [7, 11) is 1.95. The molecule has 0 amide bonds. The zero-order chi connectivity index (χ0) is 12.8. The Morgan fingerprint density at radius 1 is 0.889 bits per heavy atom. The number of nitrogens with one attached hydrogen (secondary N) is 1. The highest BCUT2D eigenvalue weighted by Gasteiger charge is 2.19. The minimum atomic E-state index is 0.0126. The lowest BCUT2D eigenvalue weighted by molar-refractivity contribution is 0.166. The van der Waals surface area contributed by atoms with Gasteiger partial charge in [0.2, 0.25) is 0 Å². The van der Waals surface area contributed by atoms with Crippen LogP contribution in [0, 0.1) is 0 Å². The Balaban J connectivity index is 2.21. The molecule has 2 atom stereocenters. The van der Waals surface area contributed by atoms with Gasteiger partial charge in [0.1, 0.15) is 11.9 Å². The van der Waals surface area contributed by atoms with E-state index in [2.05, 4.69) is 24.4 Å². The molecule has 0 aromatic heterocycles. The fourth-order valence-electron chi connectivity index (χ4n) is 1.90. The van der Waals surface area contributed by atoms with Gasteiger partial charge in [0.25, 0.3) is 0 Å². The predicted octanol–water partition coefficient (Wildman–Crippen LogP) is 3.41. The number of hydrogen-bond acceptors (Lipinski definition) is 2. The highest BCUT2D eigenvalue weighted by Crippen LogP contribution is 2.24. The third kappa shape index (κ3) is 3.11. The van der Waals surface area contributed by atoms with Crippen molar-refractivity contribution >= 4 is 0 Å². The molecular weight excluding hydrogens is 222 g/mol. The number of benzene rings is 2. The van der Waals surface area contributed by atoms with Gasteiger partial charge in [-0.15, -0.1) is 0 Å². The molecule has 0 unspecified atom stereocenters. The smallest absolute Gasteiger partial charge is 0.139 e. The second-order valence-corrected chi connectivity index (χ2v) is 4.34. The normalized spacial score (nSPS) is 13.9. The second-order valence-electron chi connectivity index (χ2n) is 4.34. The van der Waals surface area contributed by atoms with Crippen molar-refractivity contribution < 1.29 is 4.74 Å². The molecule has 2 rings (SSSR count). The minimum absolute atomic E-state index is 0.0126. The molecule has 0 heterocycles. The summed E-state index contributed by atoms with van der Waals surface area (Å²) < 4.78 is 6.09. The van der Waals surface area contributed by atoms with E-state index in [1.54, 1.807) is 0 Å². The van der Waals surface area contributed by atoms with E-state index in [1.165, 1.54) is 5.56 Å². The molecule has 2 aromatic rings. The lowest BCUT2D eigenvalue weighted by Crippen LogP contribution is -2.32. The molecule has 0 bridgehead atoms. The van der Waals surface area contributed by atoms with E-state index in [4.69, 9.17) is 4.74 Å². The fourth-order valence-corrected chi connectivity index (χ4v) is 1.90. The second kappa shape index (κ2) is 6.22. The van der Waals surface area contributed by atoms with Crippen molar-refractivity contribution in [2.24, 2.45) is 0 Å². The monoisotopic (exact) mass is 241 g/mol. The van der Waals surface area contributed by atoms with Gasteiger partial charge in [-0.25, -0.2) is 0 Å².